The van der Waals surface area contributed by atoms with E-state index in [2.05, 4.69) is 10.3 Å². The molecule has 0 radical (unpaired) electrons. The van der Waals surface area contributed by atoms with Crippen LogP contribution in [-0.2, 0) is 6.54 Å². The van der Waals surface area contributed by atoms with Gasteiger partial charge in [-0.2, -0.15) is 0 Å². The number of nitrogens with zero attached hydrogens (tertiary/aromatic N) is 1. The molecule has 0 aliphatic carbocycles. The average molecular weight is 414 g/mol. The second-order valence-corrected chi connectivity index (χ2v) is 7.98. The minimum Gasteiger partial charge on any atom is -0.467 e. The van der Waals surface area contributed by atoms with Crippen molar-refractivity contribution in [3.63, 3.8) is 0 Å². The topological polar surface area (TPSA) is 70.9 Å². The molecule has 3 heterocycles. The van der Waals surface area contributed by atoms with Gasteiger partial charge in [0.05, 0.1) is 24.2 Å². The lowest BCUT2D eigenvalue weighted by molar-refractivity contribution is 0.442. The molecule has 0 aliphatic heterocycles. The number of aromatic nitrogens is 2. The summed E-state index contributed by atoms with van der Waals surface area (Å²) in [4.78, 5) is 22.0. The van der Waals surface area contributed by atoms with Gasteiger partial charge in [-0.25, -0.2) is 4.98 Å². The van der Waals surface area contributed by atoms with Crippen molar-refractivity contribution in [2.24, 2.45) is 0 Å². The number of nitrogens with one attached hydrogen (secondary N) is 2. The molecule has 0 saturated heterocycles. The van der Waals surface area contributed by atoms with Crippen LogP contribution in [0, 0.1) is 0 Å². The number of rotatable bonds is 6. The zero-order valence-electron chi connectivity index (χ0n) is 16.0. The summed E-state index contributed by atoms with van der Waals surface area (Å²) in [7, 11) is 0. The number of hydrogen-bond donors (Lipinski definition) is 2. The summed E-state index contributed by atoms with van der Waals surface area (Å²) in [6, 6.07) is 25.7. The van der Waals surface area contributed by atoms with Crippen molar-refractivity contribution in [3.8, 4) is 10.4 Å². The van der Waals surface area contributed by atoms with Gasteiger partial charge in [-0.15, -0.1) is 11.3 Å². The minimum atomic E-state index is -0.134. The van der Waals surface area contributed by atoms with Gasteiger partial charge in [-0.05, 0) is 29.3 Å². The zero-order valence-corrected chi connectivity index (χ0v) is 16.9. The van der Waals surface area contributed by atoms with Crippen molar-refractivity contribution in [1.82, 2.24) is 15.3 Å². The van der Waals surface area contributed by atoms with E-state index in [-0.39, 0.29) is 11.6 Å². The molecule has 0 aliphatic rings. The van der Waals surface area contributed by atoms with Crippen LogP contribution >= 0.6 is 11.3 Å². The summed E-state index contributed by atoms with van der Waals surface area (Å²) < 4.78 is 5.63. The van der Waals surface area contributed by atoms with Crippen LogP contribution in [0.4, 0.5) is 0 Å². The minimum absolute atomic E-state index is 0.121. The van der Waals surface area contributed by atoms with Crippen molar-refractivity contribution < 1.29 is 4.42 Å². The van der Waals surface area contributed by atoms with Gasteiger partial charge in [0.25, 0.3) is 5.56 Å². The lowest BCUT2D eigenvalue weighted by Gasteiger charge is -2.16. The first-order valence-corrected chi connectivity index (χ1v) is 10.5. The second kappa shape index (κ2) is 8.10. The Hall–Kier alpha value is -3.48. The van der Waals surface area contributed by atoms with Gasteiger partial charge in [-0.3, -0.25) is 10.1 Å². The van der Waals surface area contributed by atoms with Gasteiger partial charge < -0.3 is 9.40 Å². The molecule has 30 heavy (non-hydrogen) atoms. The van der Waals surface area contributed by atoms with E-state index < -0.39 is 0 Å². The molecular weight excluding hydrogens is 394 g/mol. The van der Waals surface area contributed by atoms with Crippen LogP contribution in [0.1, 0.15) is 23.2 Å². The molecule has 148 valence electrons. The van der Waals surface area contributed by atoms with Crippen LogP contribution in [0.5, 0.6) is 0 Å². The SMILES string of the molecule is O=c1[nH]c(CN[C@@H](c2ccccc2)c2ccco2)nc2sc(-c3ccccc3)cc12. The summed E-state index contributed by atoms with van der Waals surface area (Å²) in [5.41, 5.74) is 2.05. The van der Waals surface area contributed by atoms with Crippen LogP contribution in [0.3, 0.4) is 0 Å². The van der Waals surface area contributed by atoms with Crippen molar-refractivity contribution in [2.75, 3.05) is 0 Å². The van der Waals surface area contributed by atoms with E-state index in [9.17, 15) is 4.79 Å². The van der Waals surface area contributed by atoms with Crippen LogP contribution < -0.4 is 10.9 Å². The largest absolute Gasteiger partial charge is 0.467 e. The van der Waals surface area contributed by atoms with E-state index in [1.54, 1.807) is 6.26 Å². The molecule has 1 atom stereocenters. The van der Waals surface area contributed by atoms with E-state index in [1.807, 2.05) is 78.9 Å². The first-order valence-electron chi connectivity index (χ1n) is 9.68. The van der Waals surface area contributed by atoms with Gasteiger partial charge in [0, 0.05) is 4.88 Å². The zero-order chi connectivity index (χ0) is 20.3. The number of hydrogen-bond acceptors (Lipinski definition) is 5. The number of thiophene rings is 1. The normalized spacial score (nSPS) is 12.3. The van der Waals surface area contributed by atoms with Gasteiger partial charge in [0.2, 0.25) is 0 Å². The van der Waals surface area contributed by atoms with E-state index in [0.29, 0.717) is 17.8 Å². The van der Waals surface area contributed by atoms with Crippen LogP contribution in [0.2, 0.25) is 0 Å². The Labute approximate surface area is 177 Å². The maximum absolute atomic E-state index is 12.7. The quantitative estimate of drug-likeness (QED) is 0.405. The third kappa shape index (κ3) is 3.70. The van der Waals surface area contributed by atoms with Crippen LogP contribution in [0.15, 0.2) is 94.3 Å². The predicted octanol–water partition coefficient (Wildman–Crippen LogP) is 5.12. The maximum Gasteiger partial charge on any atom is 0.259 e. The highest BCUT2D eigenvalue weighted by Crippen LogP contribution is 2.30. The standard InChI is InChI=1S/C24H19N3O2S/c28-23-18-14-20(16-8-3-1-4-9-16)30-24(18)27-21(26-23)15-25-22(19-12-7-13-29-19)17-10-5-2-6-11-17/h1-14,22,25H,15H2,(H,26,27,28)/t22-/m0/s1. The van der Waals surface area contributed by atoms with Crippen molar-refractivity contribution in [3.05, 3.63) is 113 Å². The average Bonchev–Trinajstić information content (AvgIpc) is 3.46. The number of fused-ring (bicyclic) bond motifs is 1. The fourth-order valence-corrected chi connectivity index (χ4v) is 4.54. The molecule has 0 spiro atoms. The molecule has 0 unspecified atom stereocenters. The lowest BCUT2D eigenvalue weighted by Crippen LogP contribution is -2.24. The highest BCUT2D eigenvalue weighted by atomic mass is 32.1. The van der Waals surface area contributed by atoms with Crippen molar-refractivity contribution in [2.45, 2.75) is 12.6 Å². The third-order valence-corrected chi connectivity index (χ3v) is 6.02. The Morgan fingerprint density at radius 2 is 1.77 bits per heavy atom. The Balaban J connectivity index is 1.44. The van der Waals surface area contributed by atoms with Gasteiger partial charge in [0.15, 0.2) is 0 Å². The van der Waals surface area contributed by atoms with Gasteiger partial charge in [-0.1, -0.05) is 60.7 Å². The molecule has 6 heteroatoms. The number of benzene rings is 2. The van der Waals surface area contributed by atoms with E-state index in [1.165, 1.54) is 11.3 Å². The van der Waals surface area contributed by atoms with Crippen molar-refractivity contribution in [1.29, 1.82) is 0 Å². The highest BCUT2D eigenvalue weighted by molar-refractivity contribution is 7.21. The summed E-state index contributed by atoms with van der Waals surface area (Å²) in [5, 5.41) is 4.08. The fraction of sp³-hybridized carbons (Fsp3) is 0.0833. The van der Waals surface area contributed by atoms with E-state index in [4.69, 9.17) is 9.40 Å². The monoisotopic (exact) mass is 413 g/mol. The molecule has 5 aromatic rings. The Bertz CT molecular complexity index is 1310. The Morgan fingerprint density at radius 1 is 1.00 bits per heavy atom. The molecule has 5 rings (SSSR count). The Kier molecular flexibility index (Phi) is 5.01. The molecule has 0 saturated carbocycles. The lowest BCUT2D eigenvalue weighted by atomic mass is 10.0. The van der Waals surface area contributed by atoms with Gasteiger partial charge in [0.1, 0.15) is 16.4 Å². The second-order valence-electron chi connectivity index (χ2n) is 6.95. The predicted molar refractivity (Wildman–Crippen MR) is 120 cm³/mol. The maximum atomic E-state index is 12.7. The Morgan fingerprint density at radius 3 is 2.50 bits per heavy atom. The summed E-state index contributed by atoms with van der Waals surface area (Å²) in [6.45, 7) is 0.407. The first-order chi connectivity index (χ1) is 14.8. The number of aromatic amines is 1. The van der Waals surface area contributed by atoms with Crippen LogP contribution in [-0.4, -0.2) is 9.97 Å². The molecule has 0 bridgehead atoms. The summed E-state index contributed by atoms with van der Waals surface area (Å²) in [6.07, 6.45) is 1.66. The summed E-state index contributed by atoms with van der Waals surface area (Å²) >= 11 is 1.53. The molecule has 5 nitrogen and oxygen atoms in total. The van der Waals surface area contributed by atoms with E-state index >= 15 is 0 Å². The fourth-order valence-electron chi connectivity index (χ4n) is 3.49. The number of H-pyrrole nitrogens is 1. The molecular formula is C24H19N3O2S. The van der Waals surface area contributed by atoms with E-state index in [0.717, 1.165) is 26.6 Å². The number of furan rings is 1. The first kappa shape index (κ1) is 18.5. The third-order valence-electron chi connectivity index (χ3n) is 4.94. The van der Waals surface area contributed by atoms with Crippen LogP contribution in [0.25, 0.3) is 20.7 Å². The molecule has 0 fully saturated rings. The molecule has 2 N–H and O–H groups in total. The summed E-state index contributed by atoms with van der Waals surface area (Å²) in [5.74, 6) is 1.41. The molecule has 3 aromatic heterocycles. The smallest absolute Gasteiger partial charge is 0.259 e. The van der Waals surface area contributed by atoms with Crippen molar-refractivity contribution >= 4 is 21.6 Å². The molecule has 0 amide bonds. The molecule has 2 aromatic carbocycles. The highest BCUT2D eigenvalue weighted by Gasteiger charge is 2.17. The van der Waals surface area contributed by atoms with Gasteiger partial charge >= 0.3 is 0 Å².